The lowest BCUT2D eigenvalue weighted by molar-refractivity contribution is -0.116. The van der Waals surface area contributed by atoms with Crippen LogP contribution in [0.25, 0.3) is 11.0 Å². The van der Waals surface area contributed by atoms with Crippen molar-refractivity contribution in [3.8, 4) is 5.88 Å². The lowest BCUT2D eigenvalue weighted by Gasteiger charge is -2.10. The molecule has 0 aliphatic rings. The quantitative estimate of drug-likeness (QED) is 0.788. The lowest BCUT2D eigenvalue weighted by Crippen LogP contribution is -2.28. The fourth-order valence-corrected chi connectivity index (χ4v) is 2.20. The Morgan fingerprint density at radius 1 is 1.17 bits per heavy atom. The number of para-hydroxylation sites is 2. The molecule has 0 fully saturated rings. The maximum Gasteiger partial charge on any atom is 0.269 e. The molecule has 7 nitrogen and oxygen atoms in total. The van der Waals surface area contributed by atoms with Crippen molar-refractivity contribution in [2.45, 2.75) is 6.54 Å². The van der Waals surface area contributed by atoms with Crippen molar-refractivity contribution in [1.82, 2.24) is 14.5 Å². The van der Waals surface area contributed by atoms with Crippen molar-refractivity contribution in [3.63, 3.8) is 0 Å². The summed E-state index contributed by atoms with van der Waals surface area (Å²) < 4.78 is 6.34. The number of amides is 1. The summed E-state index contributed by atoms with van der Waals surface area (Å²) in [6.07, 6.45) is 2.70. The fraction of sp³-hybridized carbons (Fsp3) is 0.125. The maximum absolute atomic E-state index is 12.2. The summed E-state index contributed by atoms with van der Waals surface area (Å²) >= 11 is 0. The monoisotopic (exact) mass is 310 g/mol. The molecule has 0 atom stereocenters. The molecule has 0 spiro atoms. The fourth-order valence-electron chi connectivity index (χ4n) is 2.20. The van der Waals surface area contributed by atoms with Crippen LogP contribution in [-0.4, -0.2) is 27.6 Å². The highest BCUT2D eigenvalue weighted by Crippen LogP contribution is 2.12. The third kappa shape index (κ3) is 3.18. The van der Waals surface area contributed by atoms with Gasteiger partial charge in [-0.25, -0.2) is 9.97 Å². The molecule has 1 aromatic carbocycles. The van der Waals surface area contributed by atoms with Gasteiger partial charge in [0.25, 0.3) is 5.56 Å². The zero-order valence-electron chi connectivity index (χ0n) is 12.4. The van der Waals surface area contributed by atoms with Gasteiger partial charge in [0.2, 0.25) is 11.8 Å². The van der Waals surface area contributed by atoms with Crippen molar-refractivity contribution in [1.29, 1.82) is 0 Å². The molecule has 0 aliphatic heterocycles. The van der Waals surface area contributed by atoms with Crippen molar-refractivity contribution >= 4 is 22.6 Å². The largest absolute Gasteiger partial charge is 0.481 e. The van der Waals surface area contributed by atoms with Crippen LogP contribution in [0.2, 0.25) is 0 Å². The molecule has 2 heterocycles. The van der Waals surface area contributed by atoms with Gasteiger partial charge in [-0.15, -0.1) is 0 Å². The third-order valence-corrected chi connectivity index (χ3v) is 3.28. The van der Waals surface area contributed by atoms with E-state index >= 15 is 0 Å². The summed E-state index contributed by atoms with van der Waals surface area (Å²) in [5.74, 6) is 0.134. The van der Waals surface area contributed by atoms with E-state index in [9.17, 15) is 9.59 Å². The first-order chi connectivity index (χ1) is 11.2. The topological polar surface area (TPSA) is 86.1 Å². The summed E-state index contributed by atoms with van der Waals surface area (Å²) in [7, 11) is 1.52. The minimum Gasteiger partial charge on any atom is -0.481 e. The van der Waals surface area contributed by atoms with Gasteiger partial charge in [-0.3, -0.25) is 14.2 Å². The molecule has 0 bridgehead atoms. The maximum atomic E-state index is 12.2. The minimum atomic E-state index is -0.327. The number of pyridine rings is 1. The van der Waals surface area contributed by atoms with Crippen LogP contribution >= 0.6 is 0 Å². The van der Waals surface area contributed by atoms with E-state index in [1.165, 1.54) is 24.1 Å². The van der Waals surface area contributed by atoms with Crippen molar-refractivity contribution in [3.05, 3.63) is 59.1 Å². The molecular formula is C16H14N4O3. The average molecular weight is 310 g/mol. The summed E-state index contributed by atoms with van der Waals surface area (Å²) in [6.45, 7) is -0.103. The first kappa shape index (κ1) is 14.7. The Hall–Kier alpha value is -3.22. The molecule has 116 valence electrons. The highest BCUT2D eigenvalue weighted by atomic mass is 16.5. The number of nitrogens with zero attached hydrogens (tertiary/aromatic N) is 3. The molecule has 0 saturated carbocycles. The number of rotatable bonds is 4. The zero-order chi connectivity index (χ0) is 16.2. The van der Waals surface area contributed by atoms with E-state index in [2.05, 4.69) is 15.3 Å². The number of hydrogen-bond donors (Lipinski definition) is 1. The first-order valence-electron chi connectivity index (χ1n) is 6.92. The smallest absolute Gasteiger partial charge is 0.269 e. The zero-order valence-corrected chi connectivity index (χ0v) is 12.4. The molecule has 2 aromatic heterocycles. The second-order valence-electron chi connectivity index (χ2n) is 4.81. The van der Waals surface area contributed by atoms with Crippen LogP contribution in [0.1, 0.15) is 0 Å². The van der Waals surface area contributed by atoms with Gasteiger partial charge < -0.3 is 10.1 Å². The molecule has 23 heavy (non-hydrogen) atoms. The number of benzene rings is 1. The van der Waals surface area contributed by atoms with E-state index in [0.29, 0.717) is 22.6 Å². The average Bonchev–Trinajstić information content (AvgIpc) is 2.58. The number of aromatic nitrogens is 3. The molecule has 0 radical (unpaired) electrons. The Morgan fingerprint density at radius 3 is 2.74 bits per heavy atom. The van der Waals surface area contributed by atoms with Gasteiger partial charge in [-0.1, -0.05) is 12.1 Å². The van der Waals surface area contributed by atoms with Crippen molar-refractivity contribution in [2.24, 2.45) is 0 Å². The Kier molecular flexibility index (Phi) is 4.01. The highest BCUT2D eigenvalue weighted by molar-refractivity contribution is 5.91. The van der Waals surface area contributed by atoms with Crippen molar-refractivity contribution < 1.29 is 9.53 Å². The van der Waals surface area contributed by atoms with Gasteiger partial charge in [0.05, 0.1) is 36.2 Å². The van der Waals surface area contributed by atoms with Gasteiger partial charge in [0.15, 0.2) is 0 Å². The molecule has 1 N–H and O–H groups in total. The molecule has 7 heteroatoms. The molecule has 0 unspecified atom stereocenters. The number of ether oxygens (including phenoxy) is 1. The van der Waals surface area contributed by atoms with E-state index in [1.807, 2.05) is 6.07 Å². The highest BCUT2D eigenvalue weighted by Gasteiger charge is 2.09. The number of nitrogens with one attached hydrogen (secondary N) is 1. The number of carbonyl (C=O) groups is 1. The summed E-state index contributed by atoms with van der Waals surface area (Å²) in [4.78, 5) is 32.3. The van der Waals surface area contributed by atoms with Crippen LogP contribution in [0, 0.1) is 0 Å². The van der Waals surface area contributed by atoms with E-state index in [0.717, 1.165) is 0 Å². The molecule has 3 aromatic rings. The van der Waals surface area contributed by atoms with Crippen LogP contribution < -0.4 is 15.6 Å². The van der Waals surface area contributed by atoms with E-state index < -0.39 is 0 Å². The van der Waals surface area contributed by atoms with Crippen LogP contribution in [0.5, 0.6) is 5.88 Å². The van der Waals surface area contributed by atoms with Gasteiger partial charge in [-0.2, -0.15) is 0 Å². The molecule has 1 amide bonds. The Balaban J connectivity index is 1.82. The minimum absolute atomic E-state index is 0.103. The van der Waals surface area contributed by atoms with Crippen LogP contribution in [0.15, 0.2) is 53.6 Å². The van der Waals surface area contributed by atoms with E-state index in [-0.39, 0.29) is 18.0 Å². The number of anilines is 1. The number of hydrogen-bond acceptors (Lipinski definition) is 5. The third-order valence-electron chi connectivity index (χ3n) is 3.28. The Morgan fingerprint density at radius 2 is 2.00 bits per heavy atom. The number of methoxy groups -OCH3 is 1. The molecule has 3 rings (SSSR count). The Labute approximate surface area is 131 Å². The molecule has 0 aliphatic carbocycles. The van der Waals surface area contributed by atoms with Gasteiger partial charge in [0.1, 0.15) is 6.54 Å². The molecule has 0 saturated heterocycles. The standard InChI is InChI=1S/C16H14N4O3/c1-23-15-7-6-11(8-18-15)19-14(21)10-20-13-5-3-2-4-12(13)17-9-16(20)22/h2-9H,10H2,1H3,(H,19,21). The predicted molar refractivity (Wildman–Crippen MR) is 85.4 cm³/mol. The van der Waals surface area contributed by atoms with Gasteiger partial charge in [-0.05, 0) is 18.2 Å². The second kappa shape index (κ2) is 6.27. The van der Waals surface area contributed by atoms with Crippen LogP contribution in [0.4, 0.5) is 5.69 Å². The van der Waals surface area contributed by atoms with Gasteiger partial charge >= 0.3 is 0 Å². The van der Waals surface area contributed by atoms with Crippen LogP contribution in [0.3, 0.4) is 0 Å². The number of fused-ring (bicyclic) bond motifs is 1. The first-order valence-corrected chi connectivity index (χ1v) is 6.92. The van der Waals surface area contributed by atoms with Crippen LogP contribution in [-0.2, 0) is 11.3 Å². The molecular weight excluding hydrogens is 296 g/mol. The number of carbonyl (C=O) groups excluding carboxylic acids is 1. The SMILES string of the molecule is COc1ccc(NC(=O)Cn2c(=O)cnc3ccccc32)cn1. The lowest BCUT2D eigenvalue weighted by atomic mass is 10.3. The van der Waals surface area contributed by atoms with E-state index in [1.54, 1.807) is 30.3 Å². The summed E-state index contributed by atoms with van der Waals surface area (Å²) in [5, 5.41) is 2.70. The predicted octanol–water partition coefficient (Wildman–Crippen LogP) is 1.44. The van der Waals surface area contributed by atoms with E-state index in [4.69, 9.17) is 4.74 Å². The summed E-state index contributed by atoms with van der Waals surface area (Å²) in [5.41, 5.74) is 1.47. The normalized spacial score (nSPS) is 10.5. The van der Waals surface area contributed by atoms with Crippen molar-refractivity contribution in [2.75, 3.05) is 12.4 Å². The summed E-state index contributed by atoms with van der Waals surface area (Å²) in [6, 6.07) is 10.5. The second-order valence-corrected chi connectivity index (χ2v) is 4.81. The Bertz CT molecular complexity index is 903. The van der Waals surface area contributed by atoms with Gasteiger partial charge in [0, 0.05) is 6.07 Å².